The molecule has 1 aromatic heterocycles. The van der Waals surface area contributed by atoms with Crippen molar-refractivity contribution in [3.63, 3.8) is 0 Å². The zero-order valence-electron chi connectivity index (χ0n) is 18.3. The summed E-state index contributed by atoms with van der Waals surface area (Å²) >= 11 is 1.51. The summed E-state index contributed by atoms with van der Waals surface area (Å²) in [6, 6.07) is 18.2. The standard InChI is InChI=1S/C24H27N5OS/c1-24(2,3)18-10-12-20(13-11-18)29-15-19(26-27-29)16-31-23-25-21(14-22(30)28(23)4)17-8-6-5-7-9-17/h5-13,15,21H,14,16H2,1-4H3. The van der Waals surface area contributed by atoms with E-state index >= 15 is 0 Å². The number of carbonyl (C=O) groups is 1. The van der Waals surface area contributed by atoms with Crippen LogP contribution in [0, 0.1) is 0 Å². The molecule has 1 aliphatic rings. The fourth-order valence-corrected chi connectivity index (χ4v) is 4.33. The summed E-state index contributed by atoms with van der Waals surface area (Å²) in [7, 11) is 1.78. The first kappa shape index (κ1) is 21.3. The zero-order valence-corrected chi connectivity index (χ0v) is 19.1. The third kappa shape index (κ3) is 4.88. The Kier molecular flexibility index (Phi) is 5.96. The van der Waals surface area contributed by atoms with E-state index in [1.54, 1.807) is 16.6 Å². The lowest BCUT2D eigenvalue weighted by atomic mass is 9.87. The Morgan fingerprint density at radius 1 is 1.06 bits per heavy atom. The average molecular weight is 434 g/mol. The van der Waals surface area contributed by atoms with E-state index in [-0.39, 0.29) is 17.4 Å². The molecule has 2 heterocycles. The van der Waals surface area contributed by atoms with Crippen molar-refractivity contribution in [2.45, 2.75) is 44.4 Å². The van der Waals surface area contributed by atoms with Crippen LogP contribution in [0.2, 0.25) is 0 Å². The normalized spacial score (nSPS) is 17.0. The van der Waals surface area contributed by atoms with E-state index in [1.807, 2.05) is 36.5 Å². The van der Waals surface area contributed by atoms with E-state index in [0.717, 1.165) is 16.9 Å². The first-order chi connectivity index (χ1) is 14.8. The average Bonchev–Trinajstić information content (AvgIpc) is 3.24. The summed E-state index contributed by atoms with van der Waals surface area (Å²) in [6.45, 7) is 6.60. The smallest absolute Gasteiger partial charge is 0.230 e. The minimum Gasteiger partial charge on any atom is -0.295 e. The Bertz CT molecular complexity index is 1080. The van der Waals surface area contributed by atoms with E-state index in [2.05, 4.69) is 55.3 Å². The predicted octanol–water partition coefficient (Wildman–Crippen LogP) is 4.76. The summed E-state index contributed by atoms with van der Waals surface area (Å²) in [6.07, 6.45) is 2.32. The number of amidine groups is 1. The highest BCUT2D eigenvalue weighted by molar-refractivity contribution is 8.13. The predicted molar refractivity (Wildman–Crippen MR) is 125 cm³/mol. The van der Waals surface area contributed by atoms with Gasteiger partial charge in [-0.2, -0.15) is 0 Å². The molecule has 6 nitrogen and oxygen atoms in total. The molecule has 0 N–H and O–H groups in total. The first-order valence-electron chi connectivity index (χ1n) is 10.4. The fourth-order valence-electron chi connectivity index (χ4n) is 3.42. The molecule has 1 amide bonds. The van der Waals surface area contributed by atoms with Gasteiger partial charge < -0.3 is 0 Å². The third-order valence-corrected chi connectivity index (χ3v) is 6.45. The molecular formula is C24H27N5OS. The van der Waals surface area contributed by atoms with Crippen molar-refractivity contribution < 1.29 is 4.79 Å². The molecule has 160 valence electrons. The topological polar surface area (TPSA) is 63.4 Å². The highest BCUT2D eigenvalue weighted by atomic mass is 32.2. The van der Waals surface area contributed by atoms with Crippen molar-refractivity contribution in [2.75, 3.05) is 7.05 Å². The molecule has 2 aromatic carbocycles. The van der Waals surface area contributed by atoms with Crippen molar-refractivity contribution in [1.29, 1.82) is 0 Å². The quantitative estimate of drug-likeness (QED) is 0.595. The van der Waals surface area contributed by atoms with Crippen LogP contribution >= 0.6 is 11.8 Å². The summed E-state index contributed by atoms with van der Waals surface area (Å²) in [4.78, 5) is 19.0. The number of benzene rings is 2. The molecule has 3 aromatic rings. The highest BCUT2D eigenvalue weighted by Gasteiger charge is 2.27. The Morgan fingerprint density at radius 2 is 1.77 bits per heavy atom. The molecule has 0 fully saturated rings. The van der Waals surface area contributed by atoms with Crippen LogP contribution in [0.1, 0.15) is 50.1 Å². The lowest BCUT2D eigenvalue weighted by Gasteiger charge is -2.27. The van der Waals surface area contributed by atoms with Gasteiger partial charge in [0.2, 0.25) is 5.91 Å². The van der Waals surface area contributed by atoms with Crippen LogP contribution in [0.25, 0.3) is 5.69 Å². The second-order valence-electron chi connectivity index (χ2n) is 8.74. The molecule has 7 heteroatoms. The van der Waals surface area contributed by atoms with Crippen LogP contribution in [0.4, 0.5) is 0 Å². The summed E-state index contributed by atoms with van der Waals surface area (Å²) in [5, 5.41) is 9.29. The molecule has 4 rings (SSSR count). The second kappa shape index (κ2) is 8.67. The molecular weight excluding hydrogens is 406 g/mol. The molecule has 0 radical (unpaired) electrons. The van der Waals surface area contributed by atoms with Gasteiger partial charge in [-0.1, -0.05) is 80.2 Å². The van der Waals surface area contributed by atoms with E-state index < -0.39 is 0 Å². The zero-order chi connectivity index (χ0) is 22.0. The highest BCUT2D eigenvalue weighted by Crippen LogP contribution is 2.30. The van der Waals surface area contributed by atoms with Crippen molar-refractivity contribution in [2.24, 2.45) is 4.99 Å². The van der Waals surface area contributed by atoms with Gasteiger partial charge >= 0.3 is 0 Å². The van der Waals surface area contributed by atoms with Gasteiger partial charge in [-0.3, -0.25) is 14.7 Å². The summed E-state index contributed by atoms with van der Waals surface area (Å²) in [5.74, 6) is 0.673. The number of amides is 1. The number of aliphatic imine (C=N–C) groups is 1. The van der Waals surface area contributed by atoms with Gasteiger partial charge in [0.05, 0.1) is 30.0 Å². The maximum Gasteiger partial charge on any atom is 0.230 e. The molecule has 0 aliphatic carbocycles. The van der Waals surface area contributed by atoms with E-state index in [0.29, 0.717) is 17.3 Å². The summed E-state index contributed by atoms with van der Waals surface area (Å²) < 4.78 is 1.78. The van der Waals surface area contributed by atoms with Crippen molar-refractivity contribution in [1.82, 2.24) is 19.9 Å². The third-order valence-electron chi connectivity index (χ3n) is 5.37. The number of thioether (sulfide) groups is 1. The lowest BCUT2D eigenvalue weighted by Crippen LogP contribution is -2.36. The minimum atomic E-state index is -0.135. The maximum absolute atomic E-state index is 12.5. The number of rotatable bonds is 4. The Balaban J connectivity index is 1.46. The molecule has 0 spiro atoms. The van der Waals surface area contributed by atoms with Crippen molar-refractivity contribution in [3.8, 4) is 5.69 Å². The number of nitrogens with zero attached hydrogens (tertiary/aromatic N) is 5. The van der Waals surface area contributed by atoms with Crippen molar-refractivity contribution in [3.05, 3.63) is 77.6 Å². The van der Waals surface area contributed by atoms with E-state index in [4.69, 9.17) is 4.99 Å². The van der Waals surface area contributed by atoms with Crippen LogP contribution in [-0.4, -0.2) is 38.0 Å². The molecule has 1 unspecified atom stereocenters. The Hall–Kier alpha value is -2.93. The largest absolute Gasteiger partial charge is 0.295 e. The molecule has 0 bridgehead atoms. The SMILES string of the molecule is CN1C(=O)CC(c2ccccc2)N=C1SCc1cn(-c2ccc(C(C)(C)C)cc2)nn1. The van der Waals surface area contributed by atoms with E-state index in [9.17, 15) is 4.79 Å². The number of hydrogen-bond acceptors (Lipinski definition) is 5. The van der Waals surface area contributed by atoms with Crippen LogP contribution in [0.15, 0.2) is 65.8 Å². The van der Waals surface area contributed by atoms with E-state index in [1.165, 1.54) is 17.3 Å². The fraction of sp³-hybridized carbons (Fsp3) is 0.333. The molecule has 1 aliphatic heterocycles. The van der Waals surface area contributed by atoms with Gasteiger partial charge in [0.1, 0.15) is 0 Å². The minimum absolute atomic E-state index is 0.0777. The van der Waals surface area contributed by atoms with Gasteiger partial charge in [-0.05, 0) is 28.7 Å². The molecule has 0 saturated carbocycles. The van der Waals surface area contributed by atoms with Gasteiger partial charge in [-0.15, -0.1) is 5.10 Å². The van der Waals surface area contributed by atoms with Gasteiger partial charge in [0.15, 0.2) is 5.17 Å². The monoisotopic (exact) mass is 433 g/mol. The van der Waals surface area contributed by atoms with Gasteiger partial charge in [0.25, 0.3) is 0 Å². The van der Waals surface area contributed by atoms with Gasteiger partial charge in [0, 0.05) is 12.8 Å². The van der Waals surface area contributed by atoms with Crippen LogP contribution in [0.5, 0.6) is 0 Å². The van der Waals surface area contributed by atoms with Crippen LogP contribution in [0.3, 0.4) is 0 Å². The van der Waals surface area contributed by atoms with Crippen LogP contribution < -0.4 is 0 Å². The Labute approximate surface area is 187 Å². The van der Waals surface area contributed by atoms with Crippen molar-refractivity contribution >= 4 is 22.8 Å². The molecule has 31 heavy (non-hydrogen) atoms. The molecule has 1 atom stereocenters. The first-order valence-corrected chi connectivity index (χ1v) is 11.3. The number of carbonyl (C=O) groups excluding carboxylic acids is 1. The van der Waals surface area contributed by atoms with Gasteiger partial charge in [-0.25, -0.2) is 4.68 Å². The maximum atomic E-state index is 12.5. The Morgan fingerprint density at radius 3 is 2.45 bits per heavy atom. The second-order valence-corrected chi connectivity index (χ2v) is 9.68. The lowest BCUT2D eigenvalue weighted by molar-refractivity contribution is -0.127. The van der Waals surface area contributed by atoms with Crippen LogP contribution in [-0.2, 0) is 16.0 Å². The number of aromatic nitrogens is 3. The molecule has 0 saturated heterocycles. The summed E-state index contributed by atoms with van der Waals surface area (Å²) in [5.41, 5.74) is 4.28. The number of hydrogen-bond donors (Lipinski definition) is 0.